The summed E-state index contributed by atoms with van der Waals surface area (Å²) >= 11 is 0. The van der Waals surface area contributed by atoms with E-state index in [1.165, 1.54) is 5.56 Å². The Morgan fingerprint density at radius 1 is 0.941 bits per heavy atom. The van der Waals surface area contributed by atoms with Crippen LogP contribution in [-0.4, -0.2) is 28.3 Å². The average molecular weight is 450 g/mol. The number of hydrogen-bond donors (Lipinski definition) is 3. The molecule has 0 atom stereocenters. The van der Waals surface area contributed by atoms with Gasteiger partial charge in [0.15, 0.2) is 0 Å². The number of carbonyl (C=O) groups is 2. The van der Waals surface area contributed by atoms with Crippen molar-refractivity contribution in [2.75, 3.05) is 17.2 Å². The molecule has 1 aliphatic heterocycles. The van der Waals surface area contributed by atoms with E-state index in [0.717, 1.165) is 34.6 Å². The molecule has 2 amide bonds. The van der Waals surface area contributed by atoms with Crippen molar-refractivity contribution >= 4 is 29.1 Å². The maximum Gasteiger partial charge on any atom is 0.251 e. The highest BCUT2D eigenvalue weighted by atomic mass is 16.2. The molecule has 0 bridgehead atoms. The fourth-order valence-corrected chi connectivity index (χ4v) is 3.90. The smallest absolute Gasteiger partial charge is 0.251 e. The van der Waals surface area contributed by atoms with E-state index in [1.807, 2.05) is 66.7 Å². The molecule has 7 heteroatoms. The SMILES string of the molecule is O=C1Cc2cnc(Nc3ccc(C(=O)NCCc4ccccc4)cc3)nc2-c2ccccc2N1. The van der Waals surface area contributed by atoms with E-state index < -0.39 is 0 Å². The van der Waals surface area contributed by atoms with Gasteiger partial charge in [-0.25, -0.2) is 9.97 Å². The molecule has 0 saturated heterocycles. The Labute approximate surface area is 197 Å². The van der Waals surface area contributed by atoms with Crippen LogP contribution in [0, 0.1) is 0 Å². The first-order chi connectivity index (χ1) is 16.7. The maximum absolute atomic E-state index is 12.5. The van der Waals surface area contributed by atoms with Gasteiger partial charge in [0, 0.05) is 35.1 Å². The summed E-state index contributed by atoms with van der Waals surface area (Å²) in [5.41, 5.74) is 5.62. The average Bonchev–Trinajstić information content (AvgIpc) is 3.00. The van der Waals surface area contributed by atoms with Gasteiger partial charge in [-0.05, 0) is 42.3 Å². The zero-order chi connectivity index (χ0) is 23.3. The molecule has 0 spiro atoms. The minimum atomic E-state index is -0.113. The predicted octanol–water partition coefficient (Wildman–Crippen LogP) is 4.35. The van der Waals surface area contributed by atoms with Crippen molar-refractivity contribution in [1.29, 1.82) is 0 Å². The molecule has 1 aliphatic rings. The first kappa shape index (κ1) is 21.3. The van der Waals surface area contributed by atoms with Crippen LogP contribution in [0.5, 0.6) is 0 Å². The van der Waals surface area contributed by atoms with Gasteiger partial charge in [-0.2, -0.15) is 0 Å². The Kier molecular flexibility index (Phi) is 5.99. The van der Waals surface area contributed by atoms with E-state index in [9.17, 15) is 9.59 Å². The van der Waals surface area contributed by atoms with Crippen molar-refractivity contribution in [3.8, 4) is 11.3 Å². The standard InChI is InChI=1S/C27H23N5O2/c33-24-16-20-17-29-27(32-25(20)22-8-4-5-9-23(22)31-24)30-21-12-10-19(11-13-21)26(34)28-15-14-18-6-2-1-3-7-18/h1-13,17H,14-16H2,(H,28,34)(H,31,33)(H,29,30,32). The molecule has 0 saturated carbocycles. The van der Waals surface area contributed by atoms with E-state index in [1.54, 1.807) is 18.3 Å². The second-order valence-electron chi connectivity index (χ2n) is 8.03. The number of hydrogen-bond acceptors (Lipinski definition) is 5. The normalized spacial score (nSPS) is 12.1. The summed E-state index contributed by atoms with van der Waals surface area (Å²) in [7, 11) is 0. The highest BCUT2D eigenvalue weighted by molar-refractivity contribution is 6.00. The number of nitrogens with zero attached hydrogens (tertiary/aromatic N) is 2. The second kappa shape index (κ2) is 9.54. The Bertz CT molecular complexity index is 1340. The Hall–Kier alpha value is -4.52. The van der Waals surface area contributed by atoms with E-state index in [-0.39, 0.29) is 18.2 Å². The van der Waals surface area contributed by atoms with Crippen molar-refractivity contribution in [2.24, 2.45) is 0 Å². The minimum Gasteiger partial charge on any atom is -0.352 e. The van der Waals surface area contributed by atoms with Crippen LogP contribution < -0.4 is 16.0 Å². The largest absolute Gasteiger partial charge is 0.352 e. The Balaban J connectivity index is 1.26. The zero-order valence-electron chi connectivity index (χ0n) is 18.4. The fraction of sp³-hybridized carbons (Fsp3) is 0.111. The fourth-order valence-electron chi connectivity index (χ4n) is 3.90. The minimum absolute atomic E-state index is 0.0897. The lowest BCUT2D eigenvalue weighted by atomic mass is 10.1. The van der Waals surface area contributed by atoms with Crippen molar-refractivity contribution in [3.05, 3.63) is 102 Å². The van der Waals surface area contributed by atoms with Crippen LogP contribution in [0.1, 0.15) is 21.5 Å². The highest BCUT2D eigenvalue weighted by Crippen LogP contribution is 2.32. The van der Waals surface area contributed by atoms with Crippen molar-refractivity contribution in [1.82, 2.24) is 15.3 Å². The molecule has 3 N–H and O–H groups in total. The quantitative estimate of drug-likeness (QED) is 0.407. The summed E-state index contributed by atoms with van der Waals surface area (Å²) < 4.78 is 0. The molecule has 1 aromatic heterocycles. The summed E-state index contributed by atoms with van der Waals surface area (Å²) in [6.07, 6.45) is 2.69. The molecule has 0 radical (unpaired) electrons. The number of anilines is 3. The van der Waals surface area contributed by atoms with Gasteiger partial charge < -0.3 is 16.0 Å². The number of amides is 2. The number of para-hydroxylation sites is 1. The molecule has 4 aromatic rings. The number of nitrogens with one attached hydrogen (secondary N) is 3. The van der Waals surface area contributed by atoms with Crippen molar-refractivity contribution < 1.29 is 9.59 Å². The first-order valence-electron chi connectivity index (χ1n) is 11.1. The maximum atomic E-state index is 12.5. The molecule has 0 aliphatic carbocycles. The number of benzene rings is 3. The van der Waals surface area contributed by atoms with Gasteiger partial charge in [0.05, 0.1) is 17.8 Å². The van der Waals surface area contributed by atoms with Crippen LogP contribution in [0.25, 0.3) is 11.3 Å². The van der Waals surface area contributed by atoms with Gasteiger partial charge in [0.1, 0.15) is 0 Å². The third kappa shape index (κ3) is 4.78. The lowest BCUT2D eigenvalue weighted by Crippen LogP contribution is -2.25. The summed E-state index contributed by atoms with van der Waals surface area (Å²) in [6.45, 7) is 0.574. The molecular weight excluding hydrogens is 426 g/mol. The Morgan fingerprint density at radius 3 is 2.53 bits per heavy atom. The predicted molar refractivity (Wildman–Crippen MR) is 132 cm³/mol. The van der Waals surface area contributed by atoms with Gasteiger partial charge in [-0.3, -0.25) is 9.59 Å². The van der Waals surface area contributed by atoms with E-state index in [4.69, 9.17) is 0 Å². The van der Waals surface area contributed by atoms with Crippen LogP contribution in [0.4, 0.5) is 17.3 Å². The molecule has 0 unspecified atom stereocenters. The van der Waals surface area contributed by atoms with E-state index in [0.29, 0.717) is 18.1 Å². The molecule has 2 heterocycles. The van der Waals surface area contributed by atoms with Crippen molar-refractivity contribution in [2.45, 2.75) is 12.8 Å². The molecule has 7 nitrogen and oxygen atoms in total. The highest BCUT2D eigenvalue weighted by Gasteiger charge is 2.20. The zero-order valence-corrected chi connectivity index (χ0v) is 18.4. The molecule has 34 heavy (non-hydrogen) atoms. The van der Waals surface area contributed by atoms with E-state index >= 15 is 0 Å². The lowest BCUT2D eigenvalue weighted by molar-refractivity contribution is -0.115. The van der Waals surface area contributed by atoms with Gasteiger partial charge in [-0.15, -0.1) is 0 Å². The summed E-state index contributed by atoms with van der Waals surface area (Å²) in [5.74, 6) is 0.216. The third-order valence-electron chi connectivity index (χ3n) is 5.62. The lowest BCUT2D eigenvalue weighted by Gasteiger charge is -2.11. The van der Waals surface area contributed by atoms with Crippen LogP contribution in [0.3, 0.4) is 0 Å². The molecule has 168 valence electrons. The van der Waals surface area contributed by atoms with Gasteiger partial charge in [-0.1, -0.05) is 48.5 Å². The van der Waals surface area contributed by atoms with Crippen LogP contribution in [0.2, 0.25) is 0 Å². The number of rotatable bonds is 6. The molecule has 5 rings (SSSR count). The van der Waals surface area contributed by atoms with Crippen LogP contribution >= 0.6 is 0 Å². The summed E-state index contributed by atoms with van der Waals surface area (Å²) in [6, 6.07) is 24.8. The second-order valence-corrected chi connectivity index (χ2v) is 8.03. The van der Waals surface area contributed by atoms with Gasteiger partial charge >= 0.3 is 0 Å². The number of carbonyl (C=O) groups excluding carboxylic acids is 2. The van der Waals surface area contributed by atoms with Crippen LogP contribution in [-0.2, 0) is 17.6 Å². The van der Waals surface area contributed by atoms with E-state index in [2.05, 4.69) is 25.9 Å². The molecule has 0 fully saturated rings. The third-order valence-corrected chi connectivity index (χ3v) is 5.62. The van der Waals surface area contributed by atoms with Crippen LogP contribution in [0.15, 0.2) is 85.1 Å². The molecular formula is C27H23N5O2. The number of fused-ring (bicyclic) bond motifs is 3. The molecule has 3 aromatic carbocycles. The first-order valence-corrected chi connectivity index (χ1v) is 11.1. The summed E-state index contributed by atoms with van der Waals surface area (Å²) in [4.78, 5) is 33.7. The topological polar surface area (TPSA) is 96.0 Å². The number of aromatic nitrogens is 2. The Morgan fingerprint density at radius 2 is 1.71 bits per heavy atom. The monoisotopic (exact) mass is 449 g/mol. The van der Waals surface area contributed by atoms with Crippen molar-refractivity contribution in [3.63, 3.8) is 0 Å². The summed E-state index contributed by atoms with van der Waals surface area (Å²) in [5, 5.41) is 9.05. The van der Waals surface area contributed by atoms with Gasteiger partial charge in [0.25, 0.3) is 5.91 Å². The van der Waals surface area contributed by atoms with Gasteiger partial charge in [0.2, 0.25) is 11.9 Å².